The van der Waals surface area contributed by atoms with Crippen molar-refractivity contribution in [2.45, 2.75) is 123 Å². The fraction of sp³-hybridized carbons (Fsp3) is 0.491. The first-order valence-corrected chi connectivity index (χ1v) is 25.8. The molecule has 0 spiro atoms. The lowest BCUT2D eigenvalue weighted by Gasteiger charge is -2.51. The van der Waals surface area contributed by atoms with Crippen LogP contribution in [0.2, 0.25) is 0 Å². The summed E-state index contributed by atoms with van der Waals surface area (Å²) < 4.78 is 7.54. The minimum absolute atomic E-state index is 0.0103. The average Bonchev–Trinajstić information content (AvgIpc) is 3.75. The second-order valence-corrected chi connectivity index (χ2v) is 21.6. The Hall–Kier alpha value is -6.38. The monoisotopic (exact) mass is 1020 g/mol. The fourth-order valence-electron chi connectivity index (χ4n) is 10.3. The maximum Gasteiger partial charge on any atom is 0.475 e. The highest BCUT2D eigenvalue weighted by molar-refractivity contribution is 6.43. The SMILES string of the molecule is CC(C)C[C@H](NC(=O)[C@@H](NC(=O)c1cccc(-c2ccccc2)n1)[C@@H](C)OC(=O)C(C)(C)N1CCC(C(C)(C)N2CCN(Cc3ccc(-n4c(O)nnc4-c4cc(C(C)C)c(O)cc4O)cc3)CC2)CC1)B(O)O. The van der Waals surface area contributed by atoms with Gasteiger partial charge in [-0.05, 0) is 126 Å². The van der Waals surface area contributed by atoms with E-state index in [0.29, 0.717) is 41.5 Å². The summed E-state index contributed by atoms with van der Waals surface area (Å²) in [5.41, 5.74) is 2.97. The first-order valence-electron chi connectivity index (χ1n) is 25.8. The topological polar surface area (TPSA) is 239 Å². The Balaban J connectivity index is 0.937. The normalized spacial score (nSPS) is 16.7. The minimum atomic E-state index is -1.86. The highest BCUT2D eigenvalue weighted by Gasteiger charge is 2.45. The zero-order chi connectivity index (χ0) is 53.6. The van der Waals surface area contributed by atoms with E-state index in [2.05, 4.69) is 54.4 Å². The van der Waals surface area contributed by atoms with E-state index < -0.39 is 48.5 Å². The maximum atomic E-state index is 14.2. The van der Waals surface area contributed by atoms with Crippen LogP contribution in [0, 0.1) is 11.8 Å². The van der Waals surface area contributed by atoms with E-state index in [1.54, 1.807) is 25.1 Å². The van der Waals surface area contributed by atoms with Gasteiger partial charge in [-0.1, -0.05) is 81.3 Å². The molecule has 4 heterocycles. The first-order chi connectivity index (χ1) is 35.0. The van der Waals surface area contributed by atoms with Crippen LogP contribution in [0.1, 0.15) is 109 Å². The Bertz CT molecular complexity index is 2720. The maximum absolute atomic E-state index is 14.2. The van der Waals surface area contributed by atoms with Gasteiger partial charge in [-0.3, -0.25) is 29.1 Å². The molecular weight excluding hydrogens is 941 g/mol. The second kappa shape index (κ2) is 23.4. The molecule has 2 amide bonds. The summed E-state index contributed by atoms with van der Waals surface area (Å²) in [5, 5.41) is 65.6. The lowest BCUT2D eigenvalue weighted by atomic mass is 9.75. The number of esters is 1. The number of nitrogens with one attached hydrogen (secondary N) is 2. The van der Waals surface area contributed by atoms with Gasteiger partial charge >= 0.3 is 19.1 Å². The van der Waals surface area contributed by atoms with E-state index in [0.717, 1.165) is 56.7 Å². The van der Waals surface area contributed by atoms with E-state index in [4.69, 9.17) is 4.74 Å². The van der Waals surface area contributed by atoms with E-state index in [1.165, 1.54) is 16.7 Å². The van der Waals surface area contributed by atoms with Crippen molar-refractivity contribution < 1.29 is 44.5 Å². The van der Waals surface area contributed by atoms with Crippen molar-refractivity contribution in [1.29, 1.82) is 0 Å². The molecule has 3 atom stereocenters. The van der Waals surface area contributed by atoms with Crippen LogP contribution in [-0.4, -0.2) is 153 Å². The Labute approximate surface area is 434 Å². The van der Waals surface area contributed by atoms with Gasteiger partial charge in [0.1, 0.15) is 34.9 Å². The molecule has 0 unspecified atom stereocenters. The summed E-state index contributed by atoms with van der Waals surface area (Å²) in [6, 6.07) is 23.5. The molecule has 74 heavy (non-hydrogen) atoms. The molecule has 5 aromatic rings. The predicted octanol–water partition coefficient (Wildman–Crippen LogP) is 5.90. The number of piperazine rings is 1. The van der Waals surface area contributed by atoms with Gasteiger partial charge in [0.05, 0.1) is 22.9 Å². The number of benzene rings is 3. The van der Waals surface area contributed by atoms with E-state index >= 15 is 0 Å². The van der Waals surface area contributed by atoms with E-state index in [1.807, 2.05) is 96.1 Å². The fourth-order valence-corrected chi connectivity index (χ4v) is 10.3. The number of phenols is 2. The van der Waals surface area contributed by atoms with Crippen LogP contribution in [0.3, 0.4) is 0 Å². The van der Waals surface area contributed by atoms with Gasteiger partial charge in [0.25, 0.3) is 5.91 Å². The Kier molecular flexibility index (Phi) is 17.5. The molecule has 7 rings (SSSR count). The highest BCUT2D eigenvalue weighted by atomic mass is 16.5. The van der Waals surface area contributed by atoms with Crippen molar-refractivity contribution in [3.63, 3.8) is 0 Å². The quantitative estimate of drug-likeness (QED) is 0.0377. The van der Waals surface area contributed by atoms with Crippen LogP contribution in [0.25, 0.3) is 28.3 Å². The number of amides is 2. The first kappa shape index (κ1) is 55.4. The van der Waals surface area contributed by atoms with Crippen molar-refractivity contribution in [2.75, 3.05) is 39.3 Å². The molecule has 2 saturated heterocycles. The number of aromatic nitrogens is 4. The number of aromatic hydroxyl groups is 3. The van der Waals surface area contributed by atoms with Crippen molar-refractivity contribution in [2.24, 2.45) is 11.8 Å². The number of rotatable bonds is 19. The van der Waals surface area contributed by atoms with Gasteiger partial charge in [0.15, 0.2) is 5.82 Å². The second-order valence-electron chi connectivity index (χ2n) is 21.6. The molecule has 19 heteroatoms. The van der Waals surface area contributed by atoms with Crippen molar-refractivity contribution in [1.82, 2.24) is 45.1 Å². The molecule has 0 saturated carbocycles. The molecule has 2 aromatic heterocycles. The van der Waals surface area contributed by atoms with Gasteiger partial charge in [-0.2, -0.15) is 0 Å². The Morgan fingerprint density at radius 1 is 0.770 bits per heavy atom. The van der Waals surface area contributed by atoms with Crippen LogP contribution in [0.15, 0.2) is 84.9 Å². The third-order valence-electron chi connectivity index (χ3n) is 15.0. The minimum Gasteiger partial charge on any atom is -0.508 e. The lowest BCUT2D eigenvalue weighted by Crippen LogP contribution is -2.61. The predicted molar refractivity (Wildman–Crippen MR) is 283 cm³/mol. The van der Waals surface area contributed by atoms with Gasteiger partial charge in [0.2, 0.25) is 5.91 Å². The van der Waals surface area contributed by atoms with Crippen LogP contribution in [0.4, 0.5) is 0 Å². The van der Waals surface area contributed by atoms with Gasteiger partial charge in [0, 0.05) is 49.9 Å². The zero-order valence-corrected chi connectivity index (χ0v) is 44.2. The molecule has 2 aliphatic heterocycles. The molecule has 2 aliphatic rings. The van der Waals surface area contributed by atoms with Crippen molar-refractivity contribution in [3.05, 3.63) is 102 Å². The van der Waals surface area contributed by atoms with Crippen LogP contribution in [-0.2, 0) is 20.9 Å². The summed E-state index contributed by atoms with van der Waals surface area (Å²) in [6.07, 6.45) is 0.822. The molecule has 0 bridgehead atoms. The molecule has 7 N–H and O–H groups in total. The Morgan fingerprint density at radius 3 is 2.05 bits per heavy atom. The standard InChI is InChI=1S/C55H74BN9O9/c1-34(2)30-47(56(72)73)58-51(69)48(59-50(68)44-17-13-16-43(57-44)38-14-11-10-12-15-38)36(5)74-52(70)55(8,9)63-24-22-39(23-25-63)54(6,7)64-28-26-62(27-29-64)33-37-18-20-40(21-19-37)65-49(60-61-53(65)71)42-31-41(35(3)4)45(66)32-46(42)67/h10-21,31-32,34-36,39,47-48,66-67,72-73H,22-30,33H2,1-9H3,(H,58,69)(H,59,68)(H,61,71)/t36-,47+,48+/m1/s1. The molecule has 3 aromatic carbocycles. The number of phenolic OH excluding ortho intramolecular Hbond substituents is 2. The molecular formula is C55H74BN9O9. The number of pyridine rings is 1. The van der Waals surface area contributed by atoms with Gasteiger partial charge < -0.3 is 40.7 Å². The number of hydrogen-bond acceptors (Lipinski definition) is 15. The number of hydrogen-bond donors (Lipinski definition) is 7. The summed E-state index contributed by atoms with van der Waals surface area (Å²) in [6.45, 7) is 23.0. The number of nitrogens with zero attached hydrogens (tertiary/aromatic N) is 7. The largest absolute Gasteiger partial charge is 0.508 e. The van der Waals surface area contributed by atoms with Crippen LogP contribution < -0.4 is 10.6 Å². The van der Waals surface area contributed by atoms with E-state index in [9.17, 15) is 39.8 Å². The average molecular weight is 1020 g/mol. The van der Waals surface area contributed by atoms with Crippen LogP contribution in [0.5, 0.6) is 17.5 Å². The highest BCUT2D eigenvalue weighted by Crippen LogP contribution is 2.40. The van der Waals surface area contributed by atoms with Crippen LogP contribution >= 0.6 is 0 Å². The Morgan fingerprint density at radius 2 is 1.43 bits per heavy atom. The van der Waals surface area contributed by atoms with Gasteiger partial charge in [-0.15, -0.1) is 5.10 Å². The van der Waals surface area contributed by atoms with E-state index in [-0.39, 0.29) is 52.8 Å². The van der Waals surface area contributed by atoms with Crippen molar-refractivity contribution >= 4 is 24.9 Å². The van der Waals surface area contributed by atoms with Crippen molar-refractivity contribution in [3.8, 4) is 45.8 Å². The zero-order valence-electron chi connectivity index (χ0n) is 44.2. The summed E-state index contributed by atoms with van der Waals surface area (Å²) in [7, 11) is -1.86. The number of carbonyl (C=O) groups is 3. The summed E-state index contributed by atoms with van der Waals surface area (Å²) in [4.78, 5) is 53.6. The molecule has 18 nitrogen and oxygen atoms in total. The molecule has 0 aliphatic carbocycles. The smallest absolute Gasteiger partial charge is 0.475 e. The third-order valence-corrected chi connectivity index (χ3v) is 15.0. The molecule has 2 fully saturated rings. The molecule has 396 valence electrons. The number of likely N-dealkylation sites (tertiary alicyclic amines) is 1. The number of carbonyl (C=O) groups excluding carboxylic acids is 3. The number of piperidine rings is 1. The third kappa shape index (κ3) is 12.7. The lowest BCUT2D eigenvalue weighted by molar-refractivity contribution is -0.164. The summed E-state index contributed by atoms with van der Waals surface area (Å²) in [5.74, 6) is -2.55. The summed E-state index contributed by atoms with van der Waals surface area (Å²) >= 11 is 0. The number of ether oxygens (including phenoxy) is 1. The molecule has 0 radical (unpaired) electrons. The van der Waals surface area contributed by atoms with Gasteiger partial charge in [-0.25, -0.2) is 9.55 Å².